The number of anilines is 1. The first-order valence-electron chi connectivity index (χ1n) is 10.4. The summed E-state index contributed by atoms with van der Waals surface area (Å²) in [5, 5.41) is 18.7. The van der Waals surface area contributed by atoms with E-state index in [-0.39, 0.29) is 5.56 Å². The molecule has 0 aliphatic heterocycles. The minimum Gasteiger partial charge on any atom is -0.478 e. The zero-order valence-electron chi connectivity index (χ0n) is 18.3. The first kappa shape index (κ1) is 20.6. The molecule has 33 heavy (non-hydrogen) atoms. The molecule has 0 saturated carbocycles. The average molecular weight is 443 g/mol. The summed E-state index contributed by atoms with van der Waals surface area (Å²) in [7, 11) is 1.88. The smallest absolute Gasteiger partial charge is 0.337 e. The van der Waals surface area contributed by atoms with Gasteiger partial charge in [0.2, 0.25) is 11.7 Å². The van der Waals surface area contributed by atoms with Crippen molar-refractivity contribution in [1.82, 2.24) is 29.7 Å². The van der Waals surface area contributed by atoms with Crippen LogP contribution in [0.25, 0.3) is 33.3 Å². The van der Waals surface area contributed by atoms with Crippen molar-refractivity contribution in [3.05, 3.63) is 59.5 Å². The lowest BCUT2D eigenvalue weighted by atomic mass is 10.1. The number of hydrogen-bond acceptors (Lipinski definition) is 8. The number of aromatic carboxylic acids is 1. The summed E-state index contributed by atoms with van der Waals surface area (Å²) in [6.07, 6.45) is 2.37. The zero-order valence-corrected chi connectivity index (χ0v) is 18.3. The third-order valence-electron chi connectivity index (χ3n) is 5.55. The van der Waals surface area contributed by atoms with Crippen LogP contribution >= 0.6 is 0 Å². The molecule has 166 valence electrons. The second-order valence-electron chi connectivity index (χ2n) is 7.77. The van der Waals surface area contributed by atoms with Crippen LogP contribution in [0.4, 0.5) is 5.82 Å². The van der Waals surface area contributed by atoms with Gasteiger partial charge in [-0.15, -0.1) is 0 Å². The second-order valence-corrected chi connectivity index (χ2v) is 7.77. The Bertz CT molecular complexity index is 1520. The lowest BCUT2D eigenvalue weighted by Gasteiger charge is -2.09. The molecule has 10 heteroatoms. The summed E-state index contributed by atoms with van der Waals surface area (Å²) >= 11 is 0. The summed E-state index contributed by atoms with van der Waals surface area (Å²) in [4.78, 5) is 29.2. The minimum absolute atomic E-state index is 0.165. The van der Waals surface area contributed by atoms with E-state index in [2.05, 4.69) is 30.4 Å². The molecule has 0 aliphatic carbocycles. The minimum atomic E-state index is -1.01. The van der Waals surface area contributed by atoms with Gasteiger partial charge in [-0.1, -0.05) is 17.3 Å². The van der Waals surface area contributed by atoms with Crippen LogP contribution in [0.5, 0.6) is 0 Å². The van der Waals surface area contributed by atoms with E-state index in [1.807, 2.05) is 35.9 Å². The van der Waals surface area contributed by atoms with Crippen molar-refractivity contribution < 1.29 is 14.4 Å². The Morgan fingerprint density at radius 3 is 2.76 bits per heavy atom. The second kappa shape index (κ2) is 7.97. The fraction of sp³-hybridized carbons (Fsp3) is 0.217. The number of rotatable bonds is 6. The number of pyridine rings is 2. The molecule has 0 atom stereocenters. The number of aromatic nitrogens is 6. The molecule has 5 aromatic rings. The van der Waals surface area contributed by atoms with Gasteiger partial charge in [0, 0.05) is 44.1 Å². The van der Waals surface area contributed by atoms with Crippen molar-refractivity contribution in [2.45, 2.75) is 20.3 Å². The van der Waals surface area contributed by atoms with Gasteiger partial charge in [-0.05, 0) is 30.5 Å². The highest BCUT2D eigenvalue weighted by Gasteiger charge is 2.15. The molecule has 0 bridgehead atoms. The quantitative estimate of drug-likeness (QED) is 0.404. The van der Waals surface area contributed by atoms with E-state index in [0.29, 0.717) is 41.5 Å². The topological polar surface area (TPSA) is 132 Å². The molecule has 4 aromatic heterocycles. The van der Waals surface area contributed by atoms with Crippen LogP contribution in [0.1, 0.15) is 27.8 Å². The van der Waals surface area contributed by atoms with Gasteiger partial charge in [0.05, 0.1) is 11.3 Å². The predicted molar refractivity (Wildman–Crippen MR) is 122 cm³/mol. The normalized spacial score (nSPS) is 11.4. The van der Waals surface area contributed by atoms with Crippen LogP contribution < -0.4 is 5.32 Å². The lowest BCUT2D eigenvalue weighted by molar-refractivity contribution is 0.0695. The summed E-state index contributed by atoms with van der Waals surface area (Å²) in [5.41, 5.74) is 2.71. The molecular formula is C23H21N7O3. The molecule has 0 unspecified atom stereocenters. The summed E-state index contributed by atoms with van der Waals surface area (Å²) in [6, 6.07) is 9.47. The highest BCUT2D eigenvalue weighted by Crippen LogP contribution is 2.27. The van der Waals surface area contributed by atoms with Crippen molar-refractivity contribution >= 4 is 33.7 Å². The standard InChI is InChI=1S/C23H21N7O3/c1-12-16(23(31)32)11-18-22(26-12)30(3)19(28-18)7-9-25-21-17-10-15(20-27-13(2)33-29-20)5-4-14(17)6-8-24-21/h4-6,8,10-11H,7,9H2,1-3H3,(H,24,25)(H,31,32). The molecule has 5 rings (SSSR count). The number of carboxylic acid groups (broad SMARTS) is 1. The van der Waals surface area contributed by atoms with E-state index >= 15 is 0 Å². The van der Waals surface area contributed by atoms with E-state index in [0.717, 1.165) is 28.0 Å². The highest BCUT2D eigenvalue weighted by molar-refractivity contribution is 5.94. The lowest BCUT2D eigenvalue weighted by Crippen LogP contribution is -2.10. The number of benzene rings is 1. The van der Waals surface area contributed by atoms with Crippen LogP contribution in [-0.2, 0) is 13.5 Å². The number of carboxylic acids is 1. The average Bonchev–Trinajstić information content (AvgIpc) is 3.36. The Morgan fingerprint density at radius 1 is 1.15 bits per heavy atom. The summed E-state index contributed by atoms with van der Waals surface area (Å²) in [6.45, 7) is 4.03. The number of hydrogen-bond donors (Lipinski definition) is 2. The fourth-order valence-electron chi connectivity index (χ4n) is 3.85. The SMILES string of the molecule is Cc1nc(-c2ccc3ccnc(NCCc4nc5cc(C(=O)O)c(C)nc5n4C)c3c2)no1. The van der Waals surface area contributed by atoms with Crippen molar-refractivity contribution in [1.29, 1.82) is 0 Å². The van der Waals surface area contributed by atoms with E-state index < -0.39 is 5.97 Å². The predicted octanol–water partition coefficient (Wildman–Crippen LogP) is 3.54. The number of nitrogens with zero attached hydrogens (tertiary/aromatic N) is 6. The fourth-order valence-corrected chi connectivity index (χ4v) is 3.85. The molecule has 0 amide bonds. The van der Waals surface area contributed by atoms with Crippen molar-refractivity contribution in [2.75, 3.05) is 11.9 Å². The highest BCUT2D eigenvalue weighted by atomic mass is 16.5. The molecule has 0 saturated heterocycles. The van der Waals surface area contributed by atoms with Crippen molar-refractivity contribution in [3.8, 4) is 11.4 Å². The zero-order chi connectivity index (χ0) is 23.1. The van der Waals surface area contributed by atoms with E-state index in [9.17, 15) is 9.90 Å². The van der Waals surface area contributed by atoms with E-state index in [1.54, 1.807) is 26.1 Å². The molecule has 1 aromatic carbocycles. The molecule has 0 fully saturated rings. The molecule has 4 heterocycles. The third kappa shape index (κ3) is 3.75. The van der Waals surface area contributed by atoms with Gasteiger partial charge in [-0.2, -0.15) is 4.98 Å². The van der Waals surface area contributed by atoms with Crippen molar-refractivity contribution in [3.63, 3.8) is 0 Å². The van der Waals surface area contributed by atoms with Gasteiger partial charge < -0.3 is 19.5 Å². The van der Waals surface area contributed by atoms with Gasteiger partial charge in [0.15, 0.2) is 5.65 Å². The van der Waals surface area contributed by atoms with Gasteiger partial charge >= 0.3 is 5.97 Å². The monoisotopic (exact) mass is 443 g/mol. The van der Waals surface area contributed by atoms with E-state index in [1.165, 1.54) is 0 Å². The number of nitrogens with one attached hydrogen (secondary N) is 1. The molecule has 2 N–H and O–H groups in total. The van der Waals surface area contributed by atoms with E-state index in [4.69, 9.17) is 4.52 Å². The Labute approximate surface area is 188 Å². The Kier molecular flexibility index (Phi) is 4.97. The first-order valence-corrected chi connectivity index (χ1v) is 10.4. The van der Waals surface area contributed by atoms with Crippen molar-refractivity contribution in [2.24, 2.45) is 7.05 Å². The Morgan fingerprint density at radius 2 is 2.00 bits per heavy atom. The van der Waals surface area contributed by atoms with Gasteiger partial charge in [-0.3, -0.25) is 0 Å². The van der Waals surface area contributed by atoms with Crippen LogP contribution in [0, 0.1) is 13.8 Å². The van der Waals surface area contributed by atoms with Gasteiger partial charge in [0.25, 0.3) is 0 Å². The Balaban J connectivity index is 1.39. The number of carbonyl (C=O) groups is 1. The van der Waals surface area contributed by atoms with Gasteiger partial charge in [-0.25, -0.2) is 19.7 Å². The molecule has 0 aliphatic rings. The van der Waals surface area contributed by atoms with Gasteiger partial charge in [0.1, 0.15) is 17.2 Å². The number of aryl methyl sites for hydroxylation is 3. The van der Waals surface area contributed by atoms with Crippen LogP contribution in [0.2, 0.25) is 0 Å². The summed E-state index contributed by atoms with van der Waals surface area (Å²) < 4.78 is 6.99. The van der Waals surface area contributed by atoms with Crippen LogP contribution in [0.3, 0.4) is 0 Å². The van der Waals surface area contributed by atoms with Crippen LogP contribution in [-0.4, -0.2) is 47.3 Å². The maximum Gasteiger partial charge on any atom is 0.337 e. The Hall–Kier alpha value is -4.34. The number of fused-ring (bicyclic) bond motifs is 2. The first-order chi connectivity index (χ1) is 15.9. The molecular weight excluding hydrogens is 422 g/mol. The largest absolute Gasteiger partial charge is 0.478 e. The maximum atomic E-state index is 11.4. The van der Waals surface area contributed by atoms with Crippen LogP contribution in [0.15, 0.2) is 41.1 Å². The number of imidazole rings is 1. The molecule has 0 radical (unpaired) electrons. The molecule has 0 spiro atoms. The third-order valence-corrected chi connectivity index (χ3v) is 5.55. The summed E-state index contributed by atoms with van der Waals surface area (Å²) in [5.74, 6) is 1.59. The maximum absolute atomic E-state index is 11.4. The molecule has 10 nitrogen and oxygen atoms in total.